The maximum Gasteiger partial charge on any atom is 0.600 e. The number of hydrogen-bond acceptors (Lipinski definition) is 0. The Balaban J connectivity index is 0.00000161. The fourth-order valence-corrected chi connectivity index (χ4v) is 5.39. The molecule has 1 aromatic heterocycles. The molecule has 1 aromatic carbocycles. The van der Waals surface area contributed by atoms with Crippen LogP contribution in [0, 0.1) is 0 Å². The van der Waals surface area contributed by atoms with Gasteiger partial charge in [-0.05, 0) is 25.0 Å². The molecule has 1 unspecified atom stereocenters. The van der Waals surface area contributed by atoms with E-state index in [0.29, 0.717) is 9.58 Å². The van der Waals surface area contributed by atoms with Crippen molar-refractivity contribution in [3.8, 4) is 0 Å². The molecule has 1 heterocycles. The Hall–Kier alpha value is -0.550. The molecule has 0 radical (unpaired) electrons. The highest BCUT2D eigenvalue weighted by molar-refractivity contribution is 7.38. The van der Waals surface area contributed by atoms with Gasteiger partial charge in [0.2, 0.25) is 0 Å². The minimum atomic E-state index is -4.15. The van der Waals surface area contributed by atoms with Crippen molar-refractivity contribution in [3.63, 3.8) is 0 Å². The van der Waals surface area contributed by atoms with Crippen LogP contribution in [-0.2, 0) is 5.51 Å². The molecule has 0 aliphatic heterocycles. The highest BCUT2D eigenvalue weighted by Crippen LogP contribution is 2.54. The standard InChI is InChI=1S/C16H18F3S.BrH/c17-16(18,19)20-14-10-6-5-9-13(14)11-15(20)12-7-3-1-2-4-8-12;/h5-6,9-12H,1-4,7-8H2;1H/q+1;/p-1. The lowest BCUT2D eigenvalue weighted by molar-refractivity contribution is -0.0868. The molecule has 21 heavy (non-hydrogen) atoms. The van der Waals surface area contributed by atoms with Gasteiger partial charge < -0.3 is 17.0 Å². The fourth-order valence-electron chi connectivity index (χ4n) is 3.23. The van der Waals surface area contributed by atoms with Gasteiger partial charge in [-0.25, -0.2) is 0 Å². The summed E-state index contributed by atoms with van der Waals surface area (Å²) in [5.74, 6) is 0.120. The molecule has 0 saturated heterocycles. The second-order valence-electron chi connectivity index (χ2n) is 5.52. The molecular formula is C16H18BrF3S. The lowest BCUT2D eigenvalue weighted by Crippen LogP contribution is -3.00. The van der Waals surface area contributed by atoms with E-state index in [0.717, 1.165) is 43.9 Å². The fraction of sp³-hybridized carbons (Fsp3) is 0.500. The summed E-state index contributed by atoms with van der Waals surface area (Å²) in [5.41, 5.74) is -4.15. The Morgan fingerprint density at radius 2 is 1.57 bits per heavy atom. The lowest BCUT2D eigenvalue weighted by Gasteiger charge is -2.10. The molecule has 0 amide bonds. The first-order valence-corrected chi connectivity index (χ1v) is 8.41. The molecule has 0 nitrogen and oxygen atoms in total. The molecule has 0 N–H and O–H groups in total. The van der Waals surface area contributed by atoms with Crippen LogP contribution in [-0.4, -0.2) is 0 Å². The third-order valence-electron chi connectivity index (χ3n) is 4.16. The predicted octanol–water partition coefficient (Wildman–Crippen LogP) is 3.51. The van der Waals surface area contributed by atoms with Crippen LogP contribution in [0.15, 0.2) is 30.3 Å². The van der Waals surface area contributed by atoms with E-state index in [1.165, 1.54) is 0 Å². The summed E-state index contributed by atoms with van der Waals surface area (Å²) in [6, 6.07) is 8.82. The maximum absolute atomic E-state index is 13.5. The van der Waals surface area contributed by atoms with Gasteiger partial charge in [-0.1, -0.05) is 37.8 Å². The highest BCUT2D eigenvalue weighted by atomic mass is 79.9. The van der Waals surface area contributed by atoms with E-state index >= 15 is 0 Å². The van der Waals surface area contributed by atoms with Gasteiger partial charge in [0.25, 0.3) is 0 Å². The van der Waals surface area contributed by atoms with Gasteiger partial charge >= 0.3 is 5.51 Å². The van der Waals surface area contributed by atoms with E-state index in [2.05, 4.69) is 0 Å². The summed E-state index contributed by atoms with van der Waals surface area (Å²) in [4.78, 5) is 0.639. The molecule has 5 heteroatoms. The average molecular weight is 379 g/mol. The zero-order valence-corrected chi connectivity index (χ0v) is 14.0. The van der Waals surface area contributed by atoms with Crippen LogP contribution >= 0.6 is 10.5 Å². The Kier molecular flexibility index (Phi) is 5.36. The molecule has 1 aliphatic rings. The minimum absolute atomic E-state index is 0. The zero-order chi connectivity index (χ0) is 14.2. The quantitative estimate of drug-likeness (QED) is 0.526. The first-order chi connectivity index (χ1) is 9.57. The number of rotatable bonds is 1. The van der Waals surface area contributed by atoms with Gasteiger partial charge in [0.1, 0.15) is 0 Å². The van der Waals surface area contributed by atoms with Gasteiger partial charge in [-0.2, -0.15) is 0 Å². The van der Waals surface area contributed by atoms with E-state index in [1.54, 1.807) is 12.1 Å². The van der Waals surface area contributed by atoms with Gasteiger partial charge in [0.15, 0.2) is 9.58 Å². The smallest absolute Gasteiger partial charge is 0.600 e. The topological polar surface area (TPSA) is 0 Å². The van der Waals surface area contributed by atoms with Crippen molar-refractivity contribution in [1.29, 1.82) is 0 Å². The molecule has 1 aliphatic carbocycles. The van der Waals surface area contributed by atoms with Crippen LogP contribution in [0.4, 0.5) is 13.2 Å². The monoisotopic (exact) mass is 378 g/mol. The number of hydrogen-bond donors (Lipinski definition) is 0. The first kappa shape index (κ1) is 16.8. The van der Waals surface area contributed by atoms with Crippen molar-refractivity contribution in [2.45, 2.75) is 50.0 Å². The van der Waals surface area contributed by atoms with Crippen molar-refractivity contribution in [3.05, 3.63) is 35.2 Å². The summed E-state index contributed by atoms with van der Waals surface area (Å²) in [7, 11) is -1.70. The number of benzene rings is 1. The van der Waals surface area contributed by atoms with Crippen molar-refractivity contribution in [2.75, 3.05) is 0 Å². The van der Waals surface area contributed by atoms with Gasteiger partial charge in [0.05, 0.1) is 10.5 Å². The molecule has 116 valence electrons. The van der Waals surface area contributed by atoms with E-state index in [4.69, 9.17) is 0 Å². The third-order valence-corrected chi connectivity index (χ3v) is 6.36. The Morgan fingerprint density at radius 3 is 2.19 bits per heavy atom. The molecular weight excluding hydrogens is 361 g/mol. The van der Waals surface area contributed by atoms with Gasteiger partial charge in [0, 0.05) is 17.4 Å². The van der Waals surface area contributed by atoms with Crippen LogP contribution in [0.5, 0.6) is 0 Å². The van der Waals surface area contributed by atoms with E-state index < -0.39 is 16.0 Å². The molecule has 1 fully saturated rings. The zero-order valence-electron chi connectivity index (χ0n) is 11.6. The summed E-state index contributed by atoms with van der Waals surface area (Å²) in [6.45, 7) is 0. The van der Waals surface area contributed by atoms with Crippen molar-refractivity contribution >= 4 is 20.6 Å². The summed E-state index contributed by atoms with van der Waals surface area (Å²) in [6.07, 6.45) is 6.28. The Morgan fingerprint density at radius 1 is 0.952 bits per heavy atom. The second-order valence-corrected chi connectivity index (χ2v) is 7.51. The number of alkyl halides is 3. The van der Waals surface area contributed by atoms with Gasteiger partial charge in [-0.15, -0.1) is 13.2 Å². The van der Waals surface area contributed by atoms with Crippen LogP contribution in [0.25, 0.3) is 10.1 Å². The van der Waals surface area contributed by atoms with E-state index in [1.807, 2.05) is 18.2 Å². The minimum Gasteiger partial charge on any atom is -1.00 e. The molecule has 2 aromatic rings. The van der Waals surface area contributed by atoms with Crippen LogP contribution < -0.4 is 17.0 Å². The summed E-state index contributed by atoms with van der Waals surface area (Å²) in [5, 5.41) is 0.771. The lowest BCUT2D eigenvalue weighted by atomic mass is 9.98. The SMILES string of the molecule is FC(F)(F)[s+]1c(C2CCCCCC2)cc2ccccc21.[Br-]. The van der Waals surface area contributed by atoms with E-state index in [-0.39, 0.29) is 22.9 Å². The normalized spacial score (nSPS) is 18.3. The molecule has 1 atom stereocenters. The second kappa shape index (κ2) is 6.69. The van der Waals surface area contributed by atoms with Crippen molar-refractivity contribution in [2.24, 2.45) is 0 Å². The predicted molar refractivity (Wildman–Crippen MR) is 78.2 cm³/mol. The number of thiophene rings is 1. The maximum atomic E-state index is 13.5. The molecule has 1 saturated carbocycles. The van der Waals surface area contributed by atoms with Gasteiger partial charge in [-0.3, -0.25) is 0 Å². The Bertz CT molecular complexity index is 595. The average Bonchev–Trinajstić information content (AvgIpc) is 2.59. The summed E-state index contributed by atoms with van der Waals surface area (Å²) < 4.78 is 41.0. The van der Waals surface area contributed by atoms with Crippen molar-refractivity contribution < 1.29 is 30.2 Å². The van der Waals surface area contributed by atoms with E-state index in [9.17, 15) is 13.2 Å². The molecule has 3 rings (SSSR count). The number of halogens is 4. The first-order valence-electron chi connectivity index (χ1n) is 7.19. The van der Waals surface area contributed by atoms with Crippen LogP contribution in [0.2, 0.25) is 0 Å². The largest absolute Gasteiger partial charge is 1.00 e. The molecule has 0 spiro atoms. The van der Waals surface area contributed by atoms with Crippen LogP contribution in [0.1, 0.15) is 49.3 Å². The third kappa shape index (κ3) is 3.45. The number of fused-ring (bicyclic) bond motifs is 1. The summed E-state index contributed by atoms with van der Waals surface area (Å²) >= 11 is 0. The van der Waals surface area contributed by atoms with Crippen molar-refractivity contribution in [1.82, 2.24) is 0 Å². The highest BCUT2D eigenvalue weighted by Gasteiger charge is 2.49. The Labute approximate surface area is 136 Å². The van der Waals surface area contributed by atoms with Crippen LogP contribution in [0.3, 0.4) is 0 Å². The molecule has 0 bridgehead atoms.